The summed E-state index contributed by atoms with van der Waals surface area (Å²) in [4.78, 5) is 3.96. The zero-order valence-electron chi connectivity index (χ0n) is 11.5. The van der Waals surface area contributed by atoms with Crippen LogP contribution in [0.25, 0.3) is 0 Å². The molecule has 20 heavy (non-hydrogen) atoms. The van der Waals surface area contributed by atoms with Crippen LogP contribution in [0.15, 0.2) is 36.9 Å². The Bertz CT molecular complexity index is 520. The van der Waals surface area contributed by atoms with E-state index in [1.807, 2.05) is 4.68 Å². The molecule has 5 heteroatoms. The van der Waals surface area contributed by atoms with Crippen molar-refractivity contribution in [3.63, 3.8) is 0 Å². The molecule has 1 aliphatic heterocycles. The molecule has 106 valence electrons. The van der Waals surface area contributed by atoms with Crippen molar-refractivity contribution in [1.82, 2.24) is 14.8 Å². The van der Waals surface area contributed by atoms with Crippen LogP contribution in [0.1, 0.15) is 18.4 Å². The number of hydrogen-bond donors (Lipinski definition) is 1. The predicted molar refractivity (Wildman–Crippen MR) is 77.6 cm³/mol. The number of hydrogen-bond acceptors (Lipinski definition) is 4. The molecule has 0 spiro atoms. The van der Waals surface area contributed by atoms with Gasteiger partial charge in [-0.15, -0.1) is 0 Å². The summed E-state index contributed by atoms with van der Waals surface area (Å²) in [6.07, 6.45) is 5.62. The number of anilines is 1. The first kappa shape index (κ1) is 13.1. The highest BCUT2D eigenvalue weighted by Gasteiger charge is 2.13. The molecule has 1 saturated heterocycles. The van der Waals surface area contributed by atoms with Gasteiger partial charge in [0.25, 0.3) is 0 Å². The molecule has 3 rings (SSSR count). The van der Waals surface area contributed by atoms with Crippen LogP contribution in [0.3, 0.4) is 0 Å². The first-order valence-electron chi connectivity index (χ1n) is 7.13. The van der Waals surface area contributed by atoms with Crippen molar-refractivity contribution in [1.29, 1.82) is 0 Å². The molecule has 0 atom stereocenters. The maximum atomic E-state index is 5.39. The third-order valence-corrected chi connectivity index (χ3v) is 3.67. The highest BCUT2D eigenvalue weighted by Crippen LogP contribution is 2.17. The van der Waals surface area contributed by atoms with Gasteiger partial charge in [-0.25, -0.2) is 9.67 Å². The lowest BCUT2D eigenvalue weighted by atomic mass is 10.0. The molecule has 0 aliphatic carbocycles. The fourth-order valence-corrected chi connectivity index (χ4v) is 2.49. The Hall–Kier alpha value is -1.88. The fraction of sp³-hybridized carbons (Fsp3) is 0.467. The van der Waals surface area contributed by atoms with Crippen LogP contribution in [0, 0.1) is 5.92 Å². The van der Waals surface area contributed by atoms with Crippen LogP contribution in [-0.4, -0.2) is 34.5 Å². The summed E-state index contributed by atoms with van der Waals surface area (Å²) in [6.45, 7) is 3.58. The summed E-state index contributed by atoms with van der Waals surface area (Å²) in [6, 6.07) is 8.49. The van der Waals surface area contributed by atoms with Gasteiger partial charge in [0.15, 0.2) is 0 Å². The Morgan fingerprint density at radius 1 is 1.30 bits per heavy atom. The second kappa shape index (κ2) is 6.52. The van der Waals surface area contributed by atoms with Crippen LogP contribution in [0.5, 0.6) is 0 Å². The predicted octanol–water partition coefficient (Wildman–Crippen LogP) is 2.16. The van der Waals surface area contributed by atoms with Crippen LogP contribution >= 0.6 is 0 Å². The lowest BCUT2D eigenvalue weighted by Crippen LogP contribution is -2.22. The van der Waals surface area contributed by atoms with Crippen LogP contribution in [0.4, 0.5) is 5.69 Å². The minimum absolute atomic E-state index is 0.725. The number of nitrogens with one attached hydrogen (secondary N) is 1. The third-order valence-electron chi connectivity index (χ3n) is 3.67. The Morgan fingerprint density at radius 3 is 3.00 bits per heavy atom. The van der Waals surface area contributed by atoms with E-state index in [4.69, 9.17) is 4.74 Å². The van der Waals surface area contributed by atoms with Crippen LogP contribution in [0.2, 0.25) is 0 Å². The highest BCUT2D eigenvalue weighted by molar-refractivity contribution is 5.45. The van der Waals surface area contributed by atoms with Gasteiger partial charge in [0.2, 0.25) is 0 Å². The van der Waals surface area contributed by atoms with Gasteiger partial charge in [-0.2, -0.15) is 5.10 Å². The van der Waals surface area contributed by atoms with Crippen molar-refractivity contribution < 1.29 is 4.74 Å². The standard InChI is InChI=1S/C15H20N4O/c1-2-14(10-19-12-16-11-18-19)8-15(3-1)17-9-13-4-6-20-7-5-13/h1-3,8,11-13,17H,4-7,9-10H2. The van der Waals surface area contributed by atoms with Gasteiger partial charge in [0.1, 0.15) is 12.7 Å². The van der Waals surface area contributed by atoms with E-state index in [1.165, 1.54) is 11.3 Å². The number of rotatable bonds is 5. The van der Waals surface area contributed by atoms with Crippen molar-refractivity contribution in [3.05, 3.63) is 42.5 Å². The van der Waals surface area contributed by atoms with E-state index in [0.29, 0.717) is 0 Å². The van der Waals surface area contributed by atoms with E-state index in [0.717, 1.165) is 45.1 Å². The largest absolute Gasteiger partial charge is 0.385 e. The fourth-order valence-electron chi connectivity index (χ4n) is 2.49. The average molecular weight is 272 g/mol. The molecule has 1 fully saturated rings. The maximum absolute atomic E-state index is 5.39. The molecule has 1 aliphatic rings. The molecule has 1 N–H and O–H groups in total. The summed E-state index contributed by atoms with van der Waals surface area (Å²) >= 11 is 0. The summed E-state index contributed by atoms with van der Waals surface area (Å²) in [7, 11) is 0. The Labute approximate surface area is 119 Å². The zero-order valence-corrected chi connectivity index (χ0v) is 11.5. The van der Waals surface area contributed by atoms with Crippen molar-refractivity contribution in [3.8, 4) is 0 Å². The van der Waals surface area contributed by atoms with E-state index in [2.05, 4.69) is 39.7 Å². The lowest BCUT2D eigenvalue weighted by Gasteiger charge is -2.22. The number of aromatic nitrogens is 3. The molecule has 5 nitrogen and oxygen atoms in total. The molecule has 2 aromatic rings. The molecule has 1 aromatic heterocycles. The zero-order chi connectivity index (χ0) is 13.6. The van der Waals surface area contributed by atoms with Gasteiger partial charge in [0, 0.05) is 25.4 Å². The number of nitrogens with zero attached hydrogens (tertiary/aromatic N) is 3. The van der Waals surface area contributed by atoms with Crippen molar-refractivity contribution in [2.75, 3.05) is 25.1 Å². The lowest BCUT2D eigenvalue weighted by molar-refractivity contribution is 0.0699. The monoisotopic (exact) mass is 272 g/mol. The quantitative estimate of drug-likeness (QED) is 0.906. The molecule has 0 bridgehead atoms. The Balaban J connectivity index is 1.56. The van der Waals surface area contributed by atoms with Gasteiger partial charge in [0.05, 0.1) is 6.54 Å². The van der Waals surface area contributed by atoms with Gasteiger partial charge >= 0.3 is 0 Å². The van der Waals surface area contributed by atoms with Crippen molar-refractivity contribution in [2.45, 2.75) is 19.4 Å². The van der Waals surface area contributed by atoms with E-state index in [-0.39, 0.29) is 0 Å². The molecule has 0 unspecified atom stereocenters. The maximum Gasteiger partial charge on any atom is 0.137 e. The van der Waals surface area contributed by atoms with Gasteiger partial charge in [-0.05, 0) is 36.5 Å². The van der Waals surface area contributed by atoms with Gasteiger partial charge < -0.3 is 10.1 Å². The average Bonchev–Trinajstić information content (AvgIpc) is 3.00. The van der Waals surface area contributed by atoms with Crippen molar-refractivity contribution in [2.24, 2.45) is 5.92 Å². The normalized spacial score (nSPS) is 16.2. The molecule has 1 aromatic carbocycles. The minimum Gasteiger partial charge on any atom is -0.385 e. The van der Waals surface area contributed by atoms with Gasteiger partial charge in [-0.3, -0.25) is 0 Å². The molecule has 0 amide bonds. The Morgan fingerprint density at radius 2 is 2.20 bits per heavy atom. The van der Waals surface area contributed by atoms with E-state index < -0.39 is 0 Å². The van der Waals surface area contributed by atoms with E-state index in [1.54, 1.807) is 12.7 Å². The minimum atomic E-state index is 0.725. The van der Waals surface area contributed by atoms with E-state index in [9.17, 15) is 0 Å². The number of benzene rings is 1. The van der Waals surface area contributed by atoms with Crippen LogP contribution < -0.4 is 5.32 Å². The first-order chi connectivity index (χ1) is 9.90. The SMILES string of the molecule is c1cc(Cn2cncn2)cc(NCC2CCOCC2)c1. The summed E-state index contributed by atoms with van der Waals surface area (Å²) in [5.41, 5.74) is 2.40. The topological polar surface area (TPSA) is 52.0 Å². The molecular weight excluding hydrogens is 252 g/mol. The third kappa shape index (κ3) is 3.57. The Kier molecular flexibility index (Phi) is 4.28. The second-order valence-electron chi connectivity index (χ2n) is 5.23. The molecule has 2 heterocycles. The molecule has 0 saturated carbocycles. The molecular formula is C15H20N4O. The van der Waals surface area contributed by atoms with Crippen molar-refractivity contribution >= 4 is 5.69 Å². The highest BCUT2D eigenvalue weighted by atomic mass is 16.5. The molecule has 0 radical (unpaired) electrons. The summed E-state index contributed by atoms with van der Waals surface area (Å²) in [5, 5.41) is 7.67. The van der Waals surface area contributed by atoms with Crippen LogP contribution in [-0.2, 0) is 11.3 Å². The number of ether oxygens (including phenoxy) is 1. The smallest absolute Gasteiger partial charge is 0.137 e. The summed E-state index contributed by atoms with van der Waals surface area (Å²) in [5.74, 6) is 0.725. The summed E-state index contributed by atoms with van der Waals surface area (Å²) < 4.78 is 7.22. The first-order valence-corrected chi connectivity index (χ1v) is 7.13. The second-order valence-corrected chi connectivity index (χ2v) is 5.23. The van der Waals surface area contributed by atoms with Gasteiger partial charge in [-0.1, -0.05) is 12.1 Å². The van der Waals surface area contributed by atoms with E-state index >= 15 is 0 Å².